The maximum atomic E-state index is 12.6. The van der Waals surface area contributed by atoms with E-state index in [-0.39, 0.29) is 11.8 Å². The van der Waals surface area contributed by atoms with E-state index >= 15 is 0 Å². The first kappa shape index (κ1) is 20.0. The quantitative estimate of drug-likeness (QED) is 0.656. The molecule has 0 heterocycles. The van der Waals surface area contributed by atoms with Gasteiger partial charge in [0.2, 0.25) is 0 Å². The van der Waals surface area contributed by atoms with Crippen LogP contribution in [-0.2, 0) is 0 Å². The lowest BCUT2D eigenvalue weighted by molar-refractivity contribution is 0.0953. The van der Waals surface area contributed by atoms with Crippen LogP contribution in [0.5, 0.6) is 5.75 Å². The van der Waals surface area contributed by atoms with Crippen molar-refractivity contribution in [3.63, 3.8) is 0 Å². The minimum atomic E-state index is -0.263. The molecule has 0 spiro atoms. The fourth-order valence-corrected chi connectivity index (χ4v) is 2.62. The Morgan fingerprint density at radius 1 is 1.00 bits per heavy atom. The SMILES string of the molecule is CCCNC(=O)c1ccc(NC(=O)c2cc(Br)ccc2OCCC)cc1. The van der Waals surface area contributed by atoms with Crippen molar-refractivity contribution in [2.45, 2.75) is 26.7 Å². The van der Waals surface area contributed by atoms with Gasteiger partial charge in [0, 0.05) is 22.3 Å². The Morgan fingerprint density at radius 2 is 1.73 bits per heavy atom. The molecule has 2 amide bonds. The van der Waals surface area contributed by atoms with E-state index in [0.29, 0.717) is 35.7 Å². The third kappa shape index (κ3) is 5.59. The fourth-order valence-electron chi connectivity index (χ4n) is 2.26. The number of hydrogen-bond donors (Lipinski definition) is 2. The molecule has 0 saturated heterocycles. The standard InChI is InChI=1S/C20H23BrN2O3/c1-3-11-22-19(24)14-5-8-16(9-6-14)23-20(25)17-13-15(21)7-10-18(17)26-12-4-2/h5-10,13H,3-4,11-12H2,1-2H3,(H,22,24)(H,23,25). The molecule has 0 atom stereocenters. The average Bonchev–Trinajstić information content (AvgIpc) is 2.65. The van der Waals surface area contributed by atoms with E-state index in [1.54, 1.807) is 36.4 Å². The second-order valence-corrected chi connectivity index (χ2v) is 6.69. The molecule has 6 heteroatoms. The third-order valence-electron chi connectivity index (χ3n) is 3.59. The van der Waals surface area contributed by atoms with E-state index in [0.717, 1.165) is 17.3 Å². The zero-order chi connectivity index (χ0) is 18.9. The smallest absolute Gasteiger partial charge is 0.259 e. The molecule has 0 radical (unpaired) electrons. The van der Waals surface area contributed by atoms with Crippen molar-refractivity contribution in [3.8, 4) is 5.75 Å². The summed E-state index contributed by atoms with van der Waals surface area (Å²) in [5.74, 6) is 0.163. The molecule has 5 nitrogen and oxygen atoms in total. The van der Waals surface area contributed by atoms with Gasteiger partial charge < -0.3 is 15.4 Å². The molecule has 26 heavy (non-hydrogen) atoms. The molecule has 0 saturated carbocycles. The highest BCUT2D eigenvalue weighted by atomic mass is 79.9. The van der Waals surface area contributed by atoms with Crippen LogP contribution in [0, 0.1) is 0 Å². The van der Waals surface area contributed by atoms with E-state index in [9.17, 15) is 9.59 Å². The van der Waals surface area contributed by atoms with Crippen LogP contribution >= 0.6 is 15.9 Å². The number of ether oxygens (including phenoxy) is 1. The Hall–Kier alpha value is -2.34. The van der Waals surface area contributed by atoms with Gasteiger partial charge in [-0.25, -0.2) is 0 Å². The molecule has 0 aliphatic rings. The third-order valence-corrected chi connectivity index (χ3v) is 4.08. The summed E-state index contributed by atoms with van der Waals surface area (Å²) in [6.07, 6.45) is 1.74. The summed E-state index contributed by atoms with van der Waals surface area (Å²) in [7, 11) is 0. The van der Waals surface area contributed by atoms with Crippen LogP contribution in [0.3, 0.4) is 0 Å². The van der Waals surface area contributed by atoms with Crippen molar-refractivity contribution in [1.82, 2.24) is 5.32 Å². The second kappa shape index (κ2) is 9.97. The van der Waals surface area contributed by atoms with Gasteiger partial charge in [0.1, 0.15) is 5.75 Å². The van der Waals surface area contributed by atoms with Crippen LogP contribution in [0.25, 0.3) is 0 Å². The summed E-state index contributed by atoms with van der Waals surface area (Å²) in [5, 5.41) is 5.66. The van der Waals surface area contributed by atoms with Crippen molar-refractivity contribution in [2.75, 3.05) is 18.5 Å². The Labute approximate surface area is 162 Å². The van der Waals surface area contributed by atoms with Gasteiger partial charge in [0.05, 0.1) is 12.2 Å². The number of carbonyl (C=O) groups is 2. The molecule has 2 N–H and O–H groups in total. The van der Waals surface area contributed by atoms with Crippen LogP contribution < -0.4 is 15.4 Å². The van der Waals surface area contributed by atoms with Gasteiger partial charge in [-0.1, -0.05) is 29.8 Å². The largest absolute Gasteiger partial charge is 0.493 e. The molecule has 0 aliphatic heterocycles. The maximum Gasteiger partial charge on any atom is 0.259 e. The summed E-state index contributed by atoms with van der Waals surface area (Å²) in [5.41, 5.74) is 1.63. The number of benzene rings is 2. The summed E-state index contributed by atoms with van der Waals surface area (Å²) < 4.78 is 6.45. The fraction of sp³-hybridized carbons (Fsp3) is 0.300. The minimum Gasteiger partial charge on any atom is -0.493 e. The highest BCUT2D eigenvalue weighted by Crippen LogP contribution is 2.24. The lowest BCUT2D eigenvalue weighted by atomic mass is 10.1. The predicted octanol–water partition coefficient (Wildman–Crippen LogP) is 4.63. The van der Waals surface area contributed by atoms with E-state index in [2.05, 4.69) is 26.6 Å². The topological polar surface area (TPSA) is 67.4 Å². The normalized spacial score (nSPS) is 10.3. The first-order valence-electron chi connectivity index (χ1n) is 8.67. The van der Waals surface area contributed by atoms with Crippen molar-refractivity contribution in [2.24, 2.45) is 0 Å². The monoisotopic (exact) mass is 418 g/mol. The Morgan fingerprint density at radius 3 is 2.38 bits per heavy atom. The van der Waals surface area contributed by atoms with Gasteiger partial charge in [-0.15, -0.1) is 0 Å². The molecule has 138 valence electrons. The Bertz CT molecular complexity index is 760. The molecule has 2 rings (SSSR count). The molecule has 2 aromatic rings. The van der Waals surface area contributed by atoms with Gasteiger partial charge in [0.15, 0.2) is 0 Å². The van der Waals surface area contributed by atoms with E-state index in [4.69, 9.17) is 4.74 Å². The molecule has 2 aromatic carbocycles. The van der Waals surface area contributed by atoms with Crippen LogP contribution in [-0.4, -0.2) is 25.0 Å². The van der Waals surface area contributed by atoms with Gasteiger partial charge in [-0.3, -0.25) is 9.59 Å². The van der Waals surface area contributed by atoms with Crippen molar-refractivity contribution < 1.29 is 14.3 Å². The summed E-state index contributed by atoms with van der Waals surface area (Å²) in [6.45, 7) is 5.19. The minimum absolute atomic E-state index is 0.119. The number of amides is 2. The van der Waals surface area contributed by atoms with Crippen LogP contribution in [0.1, 0.15) is 47.4 Å². The molecule has 0 unspecified atom stereocenters. The molecular formula is C20H23BrN2O3. The molecule has 0 fully saturated rings. The molecule has 0 aliphatic carbocycles. The Kier molecular flexibility index (Phi) is 7.66. The average molecular weight is 419 g/mol. The number of nitrogens with one attached hydrogen (secondary N) is 2. The maximum absolute atomic E-state index is 12.6. The number of halogens is 1. The van der Waals surface area contributed by atoms with E-state index in [1.165, 1.54) is 0 Å². The number of hydrogen-bond acceptors (Lipinski definition) is 3. The first-order valence-corrected chi connectivity index (χ1v) is 9.46. The van der Waals surface area contributed by atoms with Gasteiger partial charge in [-0.2, -0.15) is 0 Å². The van der Waals surface area contributed by atoms with Crippen molar-refractivity contribution in [1.29, 1.82) is 0 Å². The summed E-state index contributed by atoms with van der Waals surface area (Å²) >= 11 is 3.38. The first-order chi connectivity index (χ1) is 12.5. The number of rotatable bonds is 8. The molecule has 0 aromatic heterocycles. The van der Waals surface area contributed by atoms with Crippen molar-refractivity contribution in [3.05, 3.63) is 58.1 Å². The second-order valence-electron chi connectivity index (χ2n) is 5.78. The lowest BCUT2D eigenvalue weighted by Gasteiger charge is -2.12. The molecular weight excluding hydrogens is 396 g/mol. The summed E-state index contributed by atoms with van der Waals surface area (Å²) in [6, 6.07) is 12.1. The van der Waals surface area contributed by atoms with Crippen molar-refractivity contribution >= 4 is 33.4 Å². The predicted molar refractivity (Wildman–Crippen MR) is 107 cm³/mol. The van der Waals surface area contributed by atoms with Crippen LogP contribution in [0.4, 0.5) is 5.69 Å². The summed E-state index contributed by atoms with van der Waals surface area (Å²) in [4.78, 5) is 24.5. The zero-order valence-corrected chi connectivity index (χ0v) is 16.6. The highest BCUT2D eigenvalue weighted by molar-refractivity contribution is 9.10. The Balaban J connectivity index is 2.10. The lowest BCUT2D eigenvalue weighted by Crippen LogP contribution is -2.23. The highest BCUT2D eigenvalue weighted by Gasteiger charge is 2.14. The number of anilines is 1. The van der Waals surface area contributed by atoms with Gasteiger partial charge in [0.25, 0.3) is 11.8 Å². The number of carbonyl (C=O) groups excluding carboxylic acids is 2. The van der Waals surface area contributed by atoms with Crippen LogP contribution in [0.15, 0.2) is 46.9 Å². The zero-order valence-electron chi connectivity index (χ0n) is 15.0. The van der Waals surface area contributed by atoms with E-state index < -0.39 is 0 Å². The van der Waals surface area contributed by atoms with E-state index in [1.807, 2.05) is 19.9 Å². The van der Waals surface area contributed by atoms with Gasteiger partial charge >= 0.3 is 0 Å². The van der Waals surface area contributed by atoms with Gasteiger partial charge in [-0.05, 0) is 55.3 Å². The van der Waals surface area contributed by atoms with Crippen LogP contribution in [0.2, 0.25) is 0 Å². The molecule has 0 bridgehead atoms.